The summed E-state index contributed by atoms with van der Waals surface area (Å²) in [6.07, 6.45) is 1.59. The summed E-state index contributed by atoms with van der Waals surface area (Å²) < 4.78 is 11.5. The average molecular weight is 338 g/mol. The highest BCUT2D eigenvalue weighted by Crippen LogP contribution is 2.30. The Labute approximate surface area is 145 Å². The van der Waals surface area contributed by atoms with E-state index in [9.17, 15) is 9.59 Å². The highest BCUT2D eigenvalue weighted by molar-refractivity contribution is 6.14. The molecule has 0 saturated carbocycles. The zero-order valence-corrected chi connectivity index (χ0v) is 13.7. The fourth-order valence-electron chi connectivity index (χ4n) is 2.39. The Morgan fingerprint density at radius 3 is 2.44 bits per heavy atom. The molecular weight excluding hydrogens is 320 g/mol. The monoisotopic (exact) mass is 338 g/mol. The van der Waals surface area contributed by atoms with Crippen LogP contribution in [0, 0.1) is 0 Å². The Morgan fingerprint density at radius 2 is 1.76 bits per heavy atom. The number of carbonyl (C=O) groups is 2. The molecule has 0 spiro atoms. The van der Waals surface area contributed by atoms with Gasteiger partial charge >= 0.3 is 6.03 Å². The molecule has 3 rings (SSSR count). The minimum Gasteiger partial charge on any atom is -0.490 e. The van der Waals surface area contributed by atoms with E-state index in [0.29, 0.717) is 24.7 Å². The number of hydrogen-bond acceptors (Lipinski definition) is 4. The molecule has 128 valence electrons. The fourth-order valence-corrected chi connectivity index (χ4v) is 2.39. The van der Waals surface area contributed by atoms with Gasteiger partial charge in [0.05, 0.1) is 6.61 Å². The van der Waals surface area contributed by atoms with Crippen LogP contribution in [0.15, 0.2) is 54.2 Å². The standard InChI is InChI=1S/C19H18N2O4/c1-2-24-17-11-14(10-15-18(22)21-19(23)20-15)8-9-16(17)25-12-13-6-4-3-5-7-13/h3-11H,2,12H2,1H3,(H2,20,21,22,23). The van der Waals surface area contributed by atoms with Crippen LogP contribution in [0.2, 0.25) is 0 Å². The topological polar surface area (TPSA) is 76.7 Å². The first-order valence-corrected chi connectivity index (χ1v) is 7.93. The molecule has 0 aliphatic carbocycles. The van der Waals surface area contributed by atoms with E-state index in [0.717, 1.165) is 11.1 Å². The molecule has 0 bridgehead atoms. The van der Waals surface area contributed by atoms with Gasteiger partial charge in [-0.1, -0.05) is 36.4 Å². The van der Waals surface area contributed by atoms with Crippen LogP contribution in [-0.4, -0.2) is 18.5 Å². The lowest BCUT2D eigenvalue weighted by Gasteiger charge is -2.13. The molecule has 2 N–H and O–H groups in total. The molecule has 25 heavy (non-hydrogen) atoms. The van der Waals surface area contributed by atoms with E-state index in [1.807, 2.05) is 37.3 Å². The molecule has 2 aromatic rings. The van der Waals surface area contributed by atoms with Crippen molar-refractivity contribution < 1.29 is 19.1 Å². The van der Waals surface area contributed by atoms with Crippen LogP contribution < -0.4 is 20.1 Å². The molecule has 2 aromatic carbocycles. The van der Waals surface area contributed by atoms with E-state index >= 15 is 0 Å². The van der Waals surface area contributed by atoms with Crippen molar-refractivity contribution in [3.05, 3.63) is 65.4 Å². The predicted molar refractivity (Wildman–Crippen MR) is 93.0 cm³/mol. The van der Waals surface area contributed by atoms with Gasteiger partial charge in [-0.2, -0.15) is 0 Å². The Bertz CT molecular complexity index is 815. The maximum absolute atomic E-state index is 11.6. The van der Waals surface area contributed by atoms with Crippen LogP contribution in [-0.2, 0) is 11.4 Å². The first kappa shape index (κ1) is 16.6. The van der Waals surface area contributed by atoms with Gasteiger partial charge in [0.1, 0.15) is 12.3 Å². The van der Waals surface area contributed by atoms with Gasteiger partial charge < -0.3 is 14.8 Å². The third-order valence-corrected chi connectivity index (χ3v) is 3.54. The first-order valence-electron chi connectivity index (χ1n) is 7.93. The molecule has 1 heterocycles. The molecule has 0 aromatic heterocycles. The summed E-state index contributed by atoms with van der Waals surface area (Å²) in [5.41, 5.74) is 1.98. The van der Waals surface area contributed by atoms with Crippen LogP contribution in [0.3, 0.4) is 0 Å². The van der Waals surface area contributed by atoms with Crippen molar-refractivity contribution in [2.75, 3.05) is 6.61 Å². The zero-order chi connectivity index (χ0) is 17.6. The van der Waals surface area contributed by atoms with Crippen molar-refractivity contribution in [1.29, 1.82) is 0 Å². The minimum absolute atomic E-state index is 0.199. The zero-order valence-electron chi connectivity index (χ0n) is 13.7. The Kier molecular flexibility index (Phi) is 4.99. The van der Waals surface area contributed by atoms with E-state index < -0.39 is 11.9 Å². The molecule has 0 atom stereocenters. The molecule has 1 fully saturated rings. The number of benzene rings is 2. The second-order valence-electron chi connectivity index (χ2n) is 5.38. The molecule has 1 saturated heterocycles. The second-order valence-corrected chi connectivity index (χ2v) is 5.38. The van der Waals surface area contributed by atoms with Crippen LogP contribution in [0.4, 0.5) is 4.79 Å². The maximum Gasteiger partial charge on any atom is 0.326 e. The second kappa shape index (κ2) is 7.53. The Morgan fingerprint density at radius 1 is 0.960 bits per heavy atom. The van der Waals surface area contributed by atoms with Gasteiger partial charge in [-0.15, -0.1) is 0 Å². The van der Waals surface area contributed by atoms with Crippen molar-refractivity contribution in [1.82, 2.24) is 10.6 Å². The van der Waals surface area contributed by atoms with E-state index in [1.165, 1.54) is 0 Å². The highest BCUT2D eigenvalue weighted by atomic mass is 16.5. The molecule has 3 amide bonds. The molecule has 6 heteroatoms. The van der Waals surface area contributed by atoms with Crippen molar-refractivity contribution in [2.45, 2.75) is 13.5 Å². The first-order chi connectivity index (χ1) is 12.2. The normalized spacial score (nSPS) is 15.0. The van der Waals surface area contributed by atoms with E-state index in [-0.39, 0.29) is 5.70 Å². The lowest BCUT2D eigenvalue weighted by Crippen LogP contribution is -2.22. The third kappa shape index (κ3) is 4.17. The number of hydrogen-bond donors (Lipinski definition) is 2. The summed E-state index contributed by atoms with van der Waals surface area (Å²) in [5, 5.41) is 4.62. The molecule has 6 nitrogen and oxygen atoms in total. The summed E-state index contributed by atoms with van der Waals surface area (Å²) in [5.74, 6) is 0.748. The van der Waals surface area contributed by atoms with E-state index in [4.69, 9.17) is 9.47 Å². The van der Waals surface area contributed by atoms with Crippen molar-refractivity contribution in [2.24, 2.45) is 0 Å². The average Bonchev–Trinajstić information content (AvgIpc) is 2.92. The van der Waals surface area contributed by atoms with Crippen LogP contribution in [0.5, 0.6) is 11.5 Å². The highest BCUT2D eigenvalue weighted by Gasteiger charge is 2.22. The predicted octanol–water partition coefficient (Wildman–Crippen LogP) is 2.84. The maximum atomic E-state index is 11.6. The number of imide groups is 1. The third-order valence-electron chi connectivity index (χ3n) is 3.54. The number of carbonyl (C=O) groups excluding carboxylic acids is 2. The van der Waals surface area contributed by atoms with Gasteiger partial charge in [0.25, 0.3) is 5.91 Å². The van der Waals surface area contributed by atoms with Gasteiger partial charge in [-0.25, -0.2) is 4.79 Å². The van der Waals surface area contributed by atoms with Crippen molar-refractivity contribution >= 4 is 18.0 Å². The SMILES string of the molecule is CCOc1cc(C=C2NC(=O)NC2=O)ccc1OCc1ccccc1. The molecule has 1 aliphatic rings. The summed E-state index contributed by atoms with van der Waals surface area (Å²) >= 11 is 0. The van der Waals surface area contributed by atoms with Gasteiger partial charge in [0, 0.05) is 0 Å². The lowest BCUT2D eigenvalue weighted by atomic mass is 10.1. The smallest absolute Gasteiger partial charge is 0.326 e. The minimum atomic E-state index is -0.524. The Balaban J connectivity index is 1.79. The number of amides is 3. The summed E-state index contributed by atoms with van der Waals surface area (Å²) in [6.45, 7) is 2.80. The van der Waals surface area contributed by atoms with Crippen LogP contribution in [0.25, 0.3) is 6.08 Å². The quantitative estimate of drug-likeness (QED) is 0.627. The number of rotatable bonds is 6. The molecule has 0 unspecified atom stereocenters. The molecule has 1 aliphatic heterocycles. The van der Waals surface area contributed by atoms with Crippen LogP contribution in [0.1, 0.15) is 18.1 Å². The van der Waals surface area contributed by atoms with E-state index in [1.54, 1.807) is 24.3 Å². The Hall–Kier alpha value is -3.28. The lowest BCUT2D eigenvalue weighted by molar-refractivity contribution is -0.115. The van der Waals surface area contributed by atoms with Crippen molar-refractivity contribution in [3.8, 4) is 11.5 Å². The number of ether oxygens (including phenoxy) is 2. The number of nitrogens with one attached hydrogen (secondary N) is 2. The van der Waals surface area contributed by atoms with Crippen molar-refractivity contribution in [3.63, 3.8) is 0 Å². The van der Waals surface area contributed by atoms with Crippen LogP contribution >= 0.6 is 0 Å². The number of urea groups is 1. The summed E-state index contributed by atoms with van der Waals surface area (Å²) in [4.78, 5) is 22.8. The van der Waals surface area contributed by atoms with Gasteiger partial charge in [0.15, 0.2) is 11.5 Å². The molecule has 0 radical (unpaired) electrons. The summed E-state index contributed by atoms with van der Waals surface area (Å²) in [7, 11) is 0. The fraction of sp³-hybridized carbons (Fsp3) is 0.158. The largest absolute Gasteiger partial charge is 0.490 e. The van der Waals surface area contributed by atoms with E-state index in [2.05, 4.69) is 10.6 Å². The van der Waals surface area contributed by atoms with Gasteiger partial charge in [0.2, 0.25) is 0 Å². The summed E-state index contributed by atoms with van der Waals surface area (Å²) in [6, 6.07) is 14.7. The van der Waals surface area contributed by atoms with Gasteiger partial charge in [-0.3, -0.25) is 10.1 Å². The molecular formula is C19H18N2O4. The van der Waals surface area contributed by atoms with Gasteiger partial charge in [-0.05, 0) is 36.3 Å².